The van der Waals surface area contributed by atoms with E-state index >= 15 is 0 Å². The lowest BCUT2D eigenvalue weighted by molar-refractivity contribution is -0.118. The Morgan fingerprint density at radius 1 is 1.04 bits per heavy atom. The maximum absolute atomic E-state index is 12.4. The van der Waals surface area contributed by atoms with Gasteiger partial charge in [0.15, 0.2) is 5.78 Å². The molecule has 2 aromatic rings. The third-order valence-corrected chi connectivity index (χ3v) is 3.91. The number of ketones is 1. The average Bonchev–Trinajstić information content (AvgIpc) is 2.60. The number of carbonyl (C=O) groups excluding carboxylic acids is 2. The summed E-state index contributed by atoms with van der Waals surface area (Å²) in [7, 11) is 0. The Morgan fingerprint density at radius 2 is 1.78 bits per heavy atom. The van der Waals surface area contributed by atoms with Crippen LogP contribution in [0.5, 0.6) is 5.75 Å². The molecule has 0 unspecified atom stereocenters. The zero-order valence-corrected chi connectivity index (χ0v) is 12.9. The smallest absolute Gasteiger partial charge is 0.227 e. The molecule has 4 nitrogen and oxygen atoms in total. The van der Waals surface area contributed by atoms with Crippen LogP contribution in [0.1, 0.15) is 29.6 Å². The predicted octanol–water partition coefficient (Wildman–Crippen LogP) is 3.47. The largest absolute Gasteiger partial charge is 0.494 e. The molecule has 0 saturated carbocycles. The number of fused-ring (bicyclic) bond motifs is 1. The van der Waals surface area contributed by atoms with Crippen molar-refractivity contribution in [1.29, 1.82) is 0 Å². The first-order valence-corrected chi connectivity index (χ1v) is 7.86. The molecule has 0 spiro atoms. The molecule has 0 N–H and O–H groups in total. The number of para-hydroxylation sites is 2. The van der Waals surface area contributed by atoms with Crippen molar-refractivity contribution in [3.8, 4) is 5.75 Å². The maximum Gasteiger partial charge on any atom is 0.227 e. The molecule has 0 atom stereocenters. The van der Waals surface area contributed by atoms with Gasteiger partial charge < -0.3 is 9.64 Å². The van der Waals surface area contributed by atoms with Crippen LogP contribution in [0.4, 0.5) is 5.69 Å². The Hall–Kier alpha value is -2.62. The minimum Gasteiger partial charge on any atom is -0.494 e. The van der Waals surface area contributed by atoms with Crippen LogP contribution in [0.2, 0.25) is 0 Å². The van der Waals surface area contributed by atoms with Gasteiger partial charge in [-0.2, -0.15) is 0 Å². The lowest BCUT2D eigenvalue weighted by Crippen LogP contribution is -2.37. The van der Waals surface area contributed by atoms with E-state index in [0.29, 0.717) is 38.0 Å². The van der Waals surface area contributed by atoms with Crippen LogP contribution in [0.25, 0.3) is 0 Å². The summed E-state index contributed by atoms with van der Waals surface area (Å²) >= 11 is 0. The minimum atomic E-state index is 0.0432. The van der Waals surface area contributed by atoms with Crippen molar-refractivity contribution in [3.63, 3.8) is 0 Å². The first-order valence-electron chi connectivity index (χ1n) is 7.86. The minimum absolute atomic E-state index is 0.0432. The quantitative estimate of drug-likeness (QED) is 0.795. The molecule has 0 fully saturated rings. The Labute approximate surface area is 135 Å². The Morgan fingerprint density at radius 3 is 2.61 bits per heavy atom. The predicted molar refractivity (Wildman–Crippen MR) is 88.9 cm³/mol. The standard InChI is InChI=1S/C19H19NO3/c21-18-12-13-20(17-10-5-4-9-16(17)18)19(22)11-6-14-23-15-7-2-1-3-8-15/h1-5,7-10H,6,11-14H2. The van der Waals surface area contributed by atoms with Crippen LogP contribution < -0.4 is 9.64 Å². The first-order chi connectivity index (χ1) is 11.3. The molecule has 23 heavy (non-hydrogen) atoms. The summed E-state index contributed by atoms with van der Waals surface area (Å²) in [6.07, 6.45) is 1.46. The molecule has 1 aliphatic rings. The van der Waals surface area contributed by atoms with E-state index in [-0.39, 0.29) is 11.7 Å². The van der Waals surface area contributed by atoms with Gasteiger partial charge in [-0.05, 0) is 30.7 Å². The van der Waals surface area contributed by atoms with Gasteiger partial charge in [0.1, 0.15) is 5.75 Å². The van der Waals surface area contributed by atoms with E-state index in [1.165, 1.54) is 0 Å². The summed E-state index contributed by atoms with van der Waals surface area (Å²) in [5.41, 5.74) is 1.38. The monoisotopic (exact) mass is 309 g/mol. The molecule has 3 rings (SSSR count). The molecule has 0 aromatic heterocycles. The first kappa shape index (κ1) is 15.3. The summed E-state index contributed by atoms with van der Waals surface area (Å²) in [6, 6.07) is 16.9. The van der Waals surface area contributed by atoms with Gasteiger partial charge in [0.2, 0.25) is 5.91 Å². The van der Waals surface area contributed by atoms with E-state index in [0.717, 1.165) is 11.4 Å². The number of anilines is 1. The van der Waals surface area contributed by atoms with E-state index in [9.17, 15) is 9.59 Å². The molecule has 0 aliphatic carbocycles. The third-order valence-electron chi connectivity index (χ3n) is 3.91. The summed E-state index contributed by atoms with van der Waals surface area (Å²) in [4.78, 5) is 26.1. The van der Waals surface area contributed by atoms with Crippen molar-refractivity contribution in [2.45, 2.75) is 19.3 Å². The van der Waals surface area contributed by atoms with Crippen LogP contribution in [-0.2, 0) is 4.79 Å². The lowest BCUT2D eigenvalue weighted by Gasteiger charge is -2.28. The maximum atomic E-state index is 12.4. The summed E-state index contributed by atoms with van der Waals surface area (Å²) < 4.78 is 5.61. The molecular formula is C19H19NO3. The molecule has 1 aliphatic heterocycles. The zero-order valence-electron chi connectivity index (χ0n) is 12.9. The molecule has 2 aromatic carbocycles. The van der Waals surface area contributed by atoms with Gasteiger partial charge in [0.05, 0.1) is 12.3 Å². The third kappa shape index (κ3) is 3.59. The number of ether oxygens (including phenoxy) is 1. The van der Waals surface area contributed by atoms with Crippen LogP contribution in [0.15, 0.2) is 54.6 Å². The van der Waals surface area contributed by atoms with Crippen LogP contribution in [-0.4, -0.2) is 24.8 Å². The Balaban J connectivity index is 1.55. The van der Waals surface area contributed by atoms with E-state index in [2.05, 4.69) is 0 Å². The van der Waals surface area contributed by atoms with Gasteiger partial charge in [0, 0.05) is 24.9 Å². The molecular weight excluding hydrogens is 290 g/mol. The topological polar surface area (TPSA) is 46.6 Å². The molecule has 0 bridgehead atoms. The SMILES string of the molecule is O=C1CCN(C(=O)CCCOc2ccccc2)c2ccccc21. The molecule has 4 heteroatoms. The highest BCUT2D eigenvalue weighted by Gasteiger charge is 2.26. The number of amides is 1. The highest BCUT2D eigenvalue weighted by atomic mass is 16.5. The van der Waals surface area contributed by atoms with E-state index in [4.69, 9.17) is 4.74 Å². The number of hydrogen-bond acceptors (Lipinski definition) is 3. The van der Waals surface area contributed by atoms with Gasteiger partial charge in [-0.25, -0.2) is 0 Å². The summed E-state index contributed by atoms with van der Waals surface area (Å²) in [6.45, 7) is 0.971. The molecule has 0 radical (unpaired) electrons. The molecule has 1 amide bonds. The molecule has 118 valence electrons. The average molecular weight is 309 g/mol. The van der Waals surface area contributed by atoms with Crippen molar-refractivity contribution in [3.05, 3.63) is 60.2 Å². The lowest BCUT2D eigenvalue weighted by atomic mass is 10.00. The van der Waals surface area contributed by atoms with Crippen molar-refractivity contribution >= 4 is 17.4 Å². The van der Waals surface area contributed by atoms with E-state index in [1.54, 1.807) is 11.0 Å². The summed E-state index contributed by atoms with van der Waals surface area (Å²) in [5, 5.41) is 0. The summed E-state index contributed by atoms with van der Waals surface area (Å²) in [5.74, 6) is 0.965. The fourth-order valence-electron chi connectivity index (χ4n) is 2.74. The second-order valence-corrected chi connectivity index (χ2v) is 5.50. The van der Waals surface area contributed by atoms with Crippen molar-refractivity contribution in [2.75, 3.05) is 18.1 Å². The van der Waals surface area contributed by atoms with Gasteiger partial charge in [-0.15, -0.1) is 0 Å². The fraction of sp³-hybridized carbons (Fsp3) is 0.263. The second kappa shape index (κ2) is 7.09. The molecule has 0 saturated heterocycles. The Bertz CT molecular complexity index is 697. The van der Waals surface area contributed by atoms with Crippen LogP contribution in [0.3, 0.4) is 0 Å². The van der Waals surface area contributed by atoms with Gasteiger partial charge in [0.25, 0.3) is 0 Å². The fourth-order valence-corrected chi connectivity index (χ4v) is 2.74. The van der Waals surface area contributed by atoms with Crippen LogP contribution >= 0.6 is 0 Å². The number of carbonyl (C=O) groups is 2. The van der Waals surface area contributed by atoms with Gasteiger partial charge in [-0.1, -0.05) is 30.3 Å². The zero-order chi connectivity index (χ0) is 16.1. The van der Waals surface area contributed by atoms with E-state index in [1.807, 2.05) is 48.5 Å². The van der Waals surface area contributed by atoms with Crippen molar-refractivity contribution in [2.24, 2.45) is 0 Å². The van der Waals surface area contributed by atoms with Gasteiger partial charge in [-0.3, -0.25) is 9.59 Å². The highest BCUT2D eigenvalue weighted by molar-refractivity contribution is 6.08. The van der Waals surface area contributed by atoms with Gasteiger partial charge >= 0.3 is 0 Å². The Kier molecular flexibility index (Phi) is 4.71. The van der Waals surface area contributed by atoms with Crippen LogP contribution in [0, 0.1) is 0 Å². The van der Waals surface area contributed by atoms with Crippen molar-refractivity contribution < 1.29 is 14.3 Å². The van der Waals surface area contributed by atoms with E-state index < -0.39 is 0 Å². The number of rotatable bonds is 5. The second-order valence-electron chi connectivity index (χ2n) is 5.50. The highest BCUT2D eigenvalue weighted by Crippen LogP contribution is 2.27. The molecule has 1 heterocycles. The number of nitrogens with zero attached hydrogens (tertiary/aromatic N) is 1. The van der Waals surface area contributed by atoms with Crippen molar-refractivity contribution in [1.82, 2.24) is 0 Å². The number of hydrogen-bond donors (Lipinski definition) is 0. The number of Topliss-reactive ketones (excluding diaryl/α,β-unsaturated/α-hetero) is 1. The number of benzene rings is 2. The normalized spacial score (nSPS) is 13.6.